The number of hydrazone groups is 1. The van der Waals surface area contributed by atoms with E-state index in [1.807, 2.05) is 0 Å². The van der Waals surface area contributed by atoms with Crippen molar-refractivity contribution in [3.05, 3.63) is 53.8 Å². The molecule has 0 fully saturated rings. The molecule has 1 heterocycles. The lowest BCUT2D eigenvalue weighted by atomic mass is 10.1. The number of hydrogen-bond donors (Lipinski definition) is 1. The molecule has 138 valence electrons. The molecule has 3 rings (SSSR count). The van der Waals surface area contributed by atoms with E-state index in [-0.39, 0.29) is 11.6 Å². The van der Waals surface area contributed by atoms with Gasteiger partial charge in [0.25, 0.3) is 5.91 Å². The Labute approximate surface area is 154 Å². The highest BCUT2D eigenvalue weighted by Crippen LogP contribution is 2.27. The van der Waals surface area contributed by atoms with Gasteiger partial charge in [0.15, 0.2) is 0 Å². The zero-order valence-electron chi connectivity index (χ0n) is 14.6. The Morgan fingerprint density at radius 2 is 2.00 bits per heavy atom. The number of aliphatic imine (C=N–C) groups is 1. The molecule has 1 amide bonds. The number of carboxylic acids is 1. The molecule has 27 heavy (non-hydrogen) atoms. The summed E-state index contributed by atoms with van der Waals surface area (Å²) in [6.45, 7) is 1.67. The molecule has 0 saturated carbocycles. The Bertz CT molecular complexity index is 954. The fourth-order valence-electron chi connectivity index (χ4n) is 2.65. The summed E-state index contributed by atoms with van der Waals surface area (Å²) in [5.41, 5.74) is 0.452. The number of anilines is 1. The lowest BCUT2D eigenvalue weighted by Crippen LogP contribution is -2.27. The van der Waals surface area contributed by atoms with E-state index in [9.17, 15) is 14.0 Å². The largest absolute Gasteiger partial charge is 0.497 e. The molecule has 2 aromatic carbocycles. The number of halogens is 1. The Morgan fingerprint density at radius 1 is 1.30 bits per heavy atom. The predicted octanol–water partition coefficient (Wildman–Crippen LogP) is 3.27. The second-order valence-corrected chi connectivity index (χ2v) is 5.78. The van der Waals surface area contributed by atoms with Crippen molar-refractivity contribution in [2.75, 3.05) is 12.1 Å². The molecule has 0 spiro atoms. The maximum atomic E-state index is 13.7. The first-order valence-corrected chi connectivity index (χ1v) is 8.01. The van der Waals surface area contributed by atoms with Crippen LogP contribution in [0.5, 0.6) is 5.75 Å². The highest BCUT2D eigenvalue weighted by molar-refractivity contribution is 6.23. The van der Waals surface area contributed by atoms with Gasteiger partial charge in [-0.05, 0) is 43.3 Å². The number of carbonyl (C=O) groups is 2. The van der Waals surface area contributed by atoms with Crippen LogP contribution in [0, 0.1) is 11.7 Å². The smallest absolute Gasteiger partial charge is 0.340 e. The molecule has 2 aromatic rings. The molecule has 0 saturated heterocycles. The molecular formula is C19H16FN3O4. The van der Waals surface area contributed by atoms with Crippen LogP contribution in [-0.4, -0.2) is 36.0 Å². The standard InChI is InChI=1S/C19H16FN3O4/c1-11-14(10-21-16-5-3-4-15(20)17(16)19(25)26)18(24)23(22-11)12-6-8-13(27-2)9-7-12/h3-10,14H,1-2H3,(H,25,26)/b21-10+. The molecule has 1 unspecified atom stereocenters. The summed E-state index contributed by atoms with van der Waals surface area (Å²) in [7, 11) is 1.54. The van der Waals surface area contributed by atoms with E-state index in [0.29, 0.717) is 17.1 Å². The van der Waals surface area contributed by atoms with Gasteiger partial charge in [-0.15, -0.1) is 0 Å². The number of amides is 1. The molecule has 1 aliphatic heterocycles. The normalized spacial score (nSPS) is 16.7. The van der Waals surface area contributed by atoms with Crippen molar-refractivity contribution in [1.29, 1.82) is 0 Å². The maximum absolute atomic E-state index is 13.7. The Kier molecular flexibility index (Phi) is 4.98. The average molecular weight is 369 g/mol. The zero-order valence-corrected chi connectivity index (χ0v) is 14.6. The minimum Gasteiger partial charge on any atom is -0.497 e. The first-order valence-electron chi connectivity index (χ1n) is 8.01. The molecule has 8 heteroatoms. The Hall–Kier alpha value is -3.55. The monoisotopic (exact) mass is 369 g/mol. The van der Waals surface area contributed by atoms with E-state index < -0.39 is 23.3 Å². The van der Waals surface area contributed by atoms with Crippen LogP contribution >= 0.6 is 0 Å². The van der Waals surface area contributed by atoms with Gasteiger partial charge in [0.05, 0.1) is 24.2 Å². The lowest BCUT2D eigenvalue weighted by Gasteiger charge is -2.13. The predicted molar refractivity (Wildman–Crippen MR) is 98.6 cm³/mol. The topological polar surface area (TPSA) is 91.6 Å². The van der Waals surface area contributed by atoms with Gasteiger partial charge in [-0.2, -0.15) is 10.1 Å². The number of hydrogen-bond acceptors (Lipinski definition) is 5. The SMILES string of the molecule is COc1ccc(N2N=C(C)C(/C=N/c3cccc(F)c3C(=O)O)C2=O)cc1. The number of methoxy groups -OCH3 is 1. The summed E-state index contributed by atoms with van der Waals surface area (Å²) in [5.74, 6) is -2.77. The summed E-state index contributed by atoms with van der Waals surface area (Å²) in [6, 6.07) is 10.6. The third kappa shape index (κ3) is 3.55. The van der Waals surface area contributed by atoms with Crippen molar-refractivity contribution in [3.63, 3.8) is 0 Å². The molecule has 1 aliphatic rings. The van der Waals surface area contributed by atoms with Crippen LogP contribution in [0.3, 0.4) is 0 Å². The number of nitrogens with zero attached hydrogens (tertiary/aromatic N) is 3. The maximum Gasteiger partial charge on any atom is 0.340 e. The van der Waals surface area contributed by atoms with Crippen molar-refractivity contribution >= 4 is 35.2 Å². The van der Waals surface area contributed by atoms with E-state index in [4.69, 9.17) is 9.84 Å². The van der Waals surface area contributed by atoms with Crippen LogP contribution in [0.15, 0.2) is 52.6 Å². The van der Waals surface area contributed by atoms with Crippen molar-refractivity contribution in [2.45, 2.75) is 6.92 Å². The van der Waals surface area contributed by atoms with Crippen molar-refractivity contribution in [2.24, 2.45) is 16.0 Å². The van der Waals surface area contributed by atoms with Crippen molar-refractivity contribution in [3.8, 4) is 5.75 Å². The van der Waals surface area contributed by atoms with Crippen molar-refractivity contribution < 1.29 is 23.8 Å². The van der Waals surface area contributed by atoms with Crippen LogP contribution in [0.1, 0.15) is 17.3 Å². The van der Waals surface area contributed by atoms with Crippen LogP contribution in [0.2, 0.25) is 0 Å². The second kappa shape index (κ2) is 7.36. The molecule has 0 radical (unpaired) electrons. The average Bonchev–Trinajstić information content (AvgIpc) is 2.93. The summed E-state index contributed by atoms with van der Waals surface area (Å²) >= 11 is 0. The Morgan fingerprint density at radius 3 is 2.63 bits per heavy atom. The number of benzene rings is 2. The third-order valence-corrected chi connectivity index (χ3v) is 4.07. The number of rotatable bonds is 5. The van der Waals surface area contributed by atoms with E-state index in [0.717, 1.165) is 6.07 Å². The molecule has 1 N–H and O–H groups in total. The molecule has 0 aliphatic carbocycles. The summed E-state index contributed by atoms with van der Waals surface area (Å²) < 4.78 is 18.8. The first kappa shape index (κ1) is 18.2. The minimum absolute atomic E-state index is 0.0639. The van der Waals surface area contributed by atoms with E-state index in [1.165, 1.54) is 23.4 Å². The van der Waals surface area contributed by atoms with Crippen LogP contribution in [-0.2, 0) is 4.79 Å². The van der Waals surface area contributed by atoms with Gasteiger partial charge in [-0.25, -0.2) is 9.18 Å². The van der Waals surface area contributed by atoms with Gasteiger partial charge in [0, 0.05) is 6.21 Å². The summed E-state index contributed by atoms with van der Waals surface area (Å²) in [6.07, 6.45) is 1.28. The van der Waals surface area contributed by atoms with E-state index >= 15 is 0 Å². The highest BCUT2D eigenvalue weighted by atomic mass is 19.1. The molecule has 0 aromatic heterocycles. The second-order valence-electron chi connectivity index (χ2n) is 5.78. The third-order valence-electron chi connectivity index (χ3n) is 4.07. The van der Waals surface area contributed by atoms with Gasteiger partial charge >= 0.3 is 5.97 Å². The molecule has 0 bridgehead atoms. The van der Waals surface area contributed by atoms with Crippen LogP contribution in [0.25, 0.3) is 0 Å². The van der Waals surface area contributed by atoms with E-state index in [1.54, 1.807) is 38.3 Å². The number of aromatic carboxylic acids is 1. The fraction of sp³-hybridized carbons (Fsp3) is 0.158. The number of ether oxygens (including phenoxy) is 1. The first-order chi connectivity index (χ1) is 12.9. The van der Waals surface area contributed by atoms with Gasteiger partial charge in [-0.1, -0.05) is 6.07 Å². The van der Waals surface area contributed by atoms with Crippen LogP contribution in [0.4, 0.5) is 15.8 Å². The van der Waals surface area contributed by atoms with Gasteiger partial charge in [0.2, 0.25) is 0 Å². The van der Waals surface area contributed by atoms with Gasteiger partial charge in [-0.3, -0.25) is 9.79 Å². The van der Waals surface area contributed by atoms with Gasteiger partial charge in [0.1, 0.15) is 23.0 Å². The Balaban J connectivity index is 1.86. The zero-order chi connectivity index (χ0) is 19.6. The number of carbonyl (C=O) groups excluding carboxylic acids is 1. The molecular weight excluding hydrogens is 353 g/mol. The quantitative estimate of drug-likeness (QED) is 0.819. The lowest BCUT2D eigenvalue weighted by molar-refractivity contribution is -0.118. The number of carboxylic acid groups (broad SMARTS) is 1. The fourth-order valence-corrected chi connectivity index (χ4v) is 2.65. The van der Waals surface area contributed by atoms with Gasteiger partial charge < -0.3 is 9.84 Å². The molecule has 1 atom stereocenters. The molecule has 7 nitrogen and oxygen atoms in total. The minimum atomic E-state index is -1.43. The van der Waals surface area contributed by atoms with Crippen LogP contribution < -0.4 is 9.75 Å². The summed E-state index contributed by atoms with van der Waals surface area (Å²) in [4.78, 5) is 27.9. The van der Waals surface area contributed by atoms with E-state index in [2.05, 4.69) is 10.1 Å². The highest BCUT2D eigenvalue weighted by Gasteiger charge is 2.33. The summed E-state index contributed by atoms with van der Waals surface area (Å²) in [5, 5.41) is 14.6. The van der Waals surface area contributed by atoms with Crippen molar-refractivity contribution in [1.82, 2.24) is 0 Å².